The number of urea groups is 1. The second kappa shape index (κ2) is 29.3. The van der Waals surface area contributed by atoms with E-state index in [0.29, 0.717) is 38.9 Å². The van der Waals surface area contributed by atoms with Crippen molar-refractivity contribution < 1.29 is 47.8 Å². The molecule has 412 valence electrons. The number of methoxy groups -OCH3 is 2. The number of nitrogens with two attached hydrogens (primary N) is 1. The standard InChI is InChI=1S/C54H86N10O10/c1-12-35(6)48(42(73-10)31-45(67)63-28-19-22-41(63)49(74-11)36(7)51(69)59-40(50(55)68)30-37-32-58-39-21-16-15-20-38(37)39)62(9)53(71)46(33(2)3)60-52(70)47(34(4)5)61(8)27-18-14-13-17-25-56-54(72)57-26-29-64-43(65)23-24-44(64)66/h15-16,20-21,23-24,32-36,40-42,46-49,58H,12-14,17-19,22,25-31H2,1-11H3,(H2,55,68)(H,59,69)(H,60,70)(H2,56,57,72)/t35-,36+,40?,41-,42+,46-,47-,48-,49+/m0/s1. The molecule has 2 aliphatic rings. The third-order valence-corrected chi connectivity index (χ3v) is 14.9. The van der Waals surface area contributed by atoms with E-state index in [-0.39, 0.29) is 67.4 Å². The first kappa shape index (κ1) is 60.7. The Morgan fingerprint density at radius 1 is 0.851 bits per heavy atom. The van der Waals surface area contributed by atoms with Crippen LogP contribution in [0.2, 0.25) is 0 Å². The third-order valence-electron chi connectivity index (χ3n) is 14.9. The summed E-state index contributed by atoms with van der Waals surface area (Å²) in [6.45, 7) is 15.3. The number of para-hydroxylation sites is 1. The molecule has 7 N–H and O–H groups in total. The quantitative estimate of drug-likeness (QED) is 0.0471. The summed E-state index contributed by atoms with van der Waals surface area (Å²) in [7, 11) is 6.68. The lowest BCUT2D eigenvalue weighted by atomic mass is 9.89. The lowest BCUT2D eigenvalue weighted by Crippen LogP contribution is -2.60. The fourth-order valence-corrected chi connectivity index (χ4v) is 10.5. The highest BCUT2D eigenvalue weighted by atomic mass is 16.5. The van der Waals surface area contributed by atoms with Crippen LogP contribution in [0.5, 0.6) is 0 Å². The zero-order chi connectivity index (χ0) is 54.8. The van der Waals surface area contributed by atoms with Gasteiger partial charge in [-0.3, -0.25) is 43.4 Å². The molecule has 0 aliphatic carbocycles. The Balaban J connectivity index is 1.33. The molecular formula is C54H86N10O10. The molecule has 1 fully saturated rings. The normalized spacial score (nSPS) is 18.1. The van der Waals surface area contributed by atoms with Crippen LogP contribution in [-0.4, -0.2) is 175 Å². The van der Waals surface area contributed by atoms with E-state index in [9.17, 15) is 38.4 Å². The summed E-state index contributed by atoms with van der Waals surface area (Å²) < 4.78 is 12.1. The van der Waals surface area contributed by atoms with Crippen LogP contribution in [0.25, 0.3) is 10.9 Å². The maximum atomic E-state index is 14.7. The zero-order valence-corrected chi connectivity index (χ0v) is 45.7. The van der Waals surface area contributed by atoms with Gasteiger partial charge in [-0.05, 0) is 68.7 Å². The average Bonchev–Trinajstić information content (AvgIpc) is 4.10. The third kappa shape index (κ3) is 16.3. The first-order valence-corrected chi connectivity index (χ1v) is 26.5. The van der Waals surface area contributed by atoms with Crippen LogP contribution in [-0.2, 0) is 49.5 Å². The van der Waals surface area contributed by atoms with Crippen molar-refractivity contribution in [2.45, 2.75) is 149 Å². The van der Waals surface area contributed by atoms with Gasteiger partial charge in [-0.25, -0.2) is 4.79 Å². The first-order valence-electron chi connectivity index (χ1n) is 26.5. The molecule has 20 heteroatoms. The van der Waals surface area contributed by atoms with Gasteiger partial charge >= 0.3 is 6.03 Å². The Kier molecular flexibility index (Phi) is 24.0. The van der Waals surface area contributed by atoms with Crippen molar-refractivity contribution in [3.63, 3.8) is 0 Å². The molecule has 1 aromatic carbocycles. The van der Waals surface area contributed by atoms with Crippen LogP contribution in [0.3, 0.4) is 0 Å². The number of H-pyrrole nitrogens is 1. The lowest BCUT2D eigenvalue weighted by molar-refractivity contribution is -0.148. The minimum absolute atomic E-state index is 0.0406. The van der Waals surface area contributed by atoms with Gasteiger partial charge < -0.3 is 51.3 Å². The summed E-state index contributed by atoms with van der Waals surface area (Å²) in [6, 6.07) is 4.00. The molecule has 0 bridgehead atoms. The molecule has 0 spiro atoms. The van der Waals surface area contributed by atoms with Crippen LogP contribution in [0.15, 0.2) is 42.6 Å². The van der Waals surface area contributed by atoms with Gasteiger partial charge in [0.25, 0.3) is 11.8 Å². The predicted molar refractivity (Wildman–Crippen MR) is 283 cm³/mol. The van der Waals surface area contributed by atoms with Gasteiger partial charge in [0.1, 0.15) is 12.1 Å². The lowest BCUT2D eigenvalue weighted by Gasteiger charge is -2.41. The number of likely N-dealkylation sites (tertiary alicyclic amines) is 1. The van der Waals surface area contributed by atoms with Crippen LogP contribution >= 0.6 is 0 Å². The molecule has 9 atom stereocenters. The number of rotatable bonds is 31. The van der Waals surface area contributed by atoms with Crippen molar-refractivity contribution in [1.82, 2.24) is 45.9 Å². The molecule has 2 aliphatic heterocycles. The number of likely N-dealkylation sites (N-methyl/N-ethyl adjacent to an activating group) is 2. The number of carbonyl (C=O) groups is 8. The molecule has 1 unspecified atom stereocenters. The first-order chi connectivity index (χ1) is 35.2. The number of ether oxygens (including phenoxy) is 2. The Hall–Kier alpha value is -5.86. The average molecular weight is 1040 g/mol. The predicted octanol–water partition coefficient (Wildman–Crippen LogP) is 3.48. The van der Waals surface area contributed by atoms with Gasteiger partial charge in [-0.2, -0.15) is 0 Å². The number of nitrogens with one attached hydrogen (secondary N) is 5. The van der Waals surface area contributed by atoms with Crippen LogP contribution in [0.4, 0.5) is 4.79 Å². The van der Waals surface area contributed by atoms with E-state index in [1.54, 1.807) is 23.8 Å². The van der Waals surface area contributed by atoms with Gasteiger partial charge in [-0.1, -0.05) is 85.9 Å². The summed E-state index contributed by atoms with van der Waals surface area (Å²) in [4.78, 5) is 115. The number of hydrogen-bond acceptors (Lipinski definition) is 11. The fraction of sp³-hybridized carbons (Fsp3) is 0.667. The number of fused-ring (bicyclic) bond motifs is 1. The fourth-order valence-electron chi connectivity index (χ4n) is 10.5. The highest BCUT2D eigenvalue weighted by molar-refractivity contribution is 6.12. The monoisotopic (exact) mass is 1030 g/mol. The molecule has 20 nitrogen and oxygen atoms in total. The van der Waals surface area contributed by atoms with E-state index in [1.165, 1.54) is 26.4 Å². The topological polar surface area (TPSA) is 258 Å². The minimum atomic E-state index is -0.975. The second-order valence-corrected chi connectivity index (χ2v) is 20.8. The van der Waals surface area contributed by atoms with E-state index in [0.717, 1.165) is 47.0 Å². The largest absolute Gasteiger partial charge is 0.379 e. The maximum absolute atomic E-state index is 14.7. The molecule has 1 saturated heterocycles. The Labute approximate surface area is 438 Å². The van der Waals surface area contributed by atoms with E-state index in [2.05, 4.69) is 26.3 Å². The van der Waals surface area contributed by atoms with Crippen LogP contribution in [0, 0.1) is 23.7 Å². The van der Waals surface area contributed by atoms with Crippen molar-refractivity contribution in [3.05, 3.63) is 48.2 Å². The number of nitrogens with zero attached hydrogens (tertiary/aromatic N) is 4. The molecule has 3 heterocycles. The van der Waals surface area contributed by atoms with Gasteiger partial charge in [0.05, 0.1) is 42.7 Å². The molecule has 74 heavy (non-hydrogen) atoms. The van der Waals surface area contributed by atoms with Crippen molar-refractivity contribution in [2.24, 2.45) is 29.4 Å². The zero-order valence-electron chi connectivity index (χ0n) is 45.7. The Morgan fingerprint density at radius 2 is 1.51 bits per heavy atom. The number of aromatic amines is 1. The summed E-state index contributed by atoms with van der Waals surface area (Å²) in [5, 5.41) is 12.4. The van der Waals surface area contributed by atoms with Crippen LogP contribution < -0.4 is 27.0 Å². The Morgan fingerprint density at radius 3 is 2.14 bits per heavy atom. The minimum Gasteiger partial charge on any atom is -0.379 e. The smallest absolute Gasteiger partial charge is 0.314 e. The van der Waals surface area contributed by atoms with Crippen molar-refractivity contribution in [2.75, 3.05) is 61.0 Å². The SMILES string of the molecule is CC[C@H](C)[C@@H]([C@@H](CC(=O)N1CCC[C@H]1[C@H](OC)[C@@H](C)C(=O)NC(Cc1c[nH]c2ccccc12)C(N)=O)OC)N(C)C(=O)[C@@H](NC(=O)[C@H](C(C)C)N(C)CCCCCCNC(=O)NCCN1C(=O)C=CC1=O)C(C)C. The summed E-state index contributed by atoms with van der Waals surface area (Å²) >= 11 is 0. The molecule has 1 aromatic heterocycles. The van der Waals surface area contributed by atoms with E-state index in [1.807, 2.05) is 84.0 Å². The number of aromatic nitrogens is 1. The van der Waals surface area contributed by atoms with Gasteiger partial charge in [0.2, 0.25) is 29.5 Å². The number of primary amides is 1. The molecule has 2 aromatic rings. The second-order valence-electron chi connectivity index (χ2n) is 20.8. The van der Waals surface area contributed by atoms with Gasteiger partial charge in [-0.15, -0.1) is 0 Å². The van der Waals surface area contributed by atoms with Crippen molar-refractivity contribution in [3.8, 4) is 0 Å². The molecule has 4 rings (SSSR count). The highest BCUT2D eigenvalue weighted by Crippen LogP contribution is 2.30. The highest BCUT2D eigenvalue weighted by Gasteiger charge is 2.43. The number of amides is 9. The van der Waals surface area contributed by atoms with E-state index in [4.69, 9.17) is 15.2 Å². The molecule has 0 radical (unpaired) electrons. The Bertz CT molecular complexity index is 2230. The van der Waals surface area contributed by atoms with Gasteiger partial charge in [0.15, 0.2) is 0 Å². The molecular weight excluding hydrogens is 949 g/mol. The number of benzene rings is 1. The van der Waals surface area contributed by atoms with Crippen LogP contribution in [0.1, 0.15) is 105 Å². The van der Waals surface area contributed by atoms with Gasteiger partial charge in [0, 0.05) is 83.1 Å². The molecule has 0 saturated carbocycles. The number of hydrogen-bond donors (Lipinski definition) is 6. The summed E-state index contributed by atoms with van der Waals surface area (Å²) in [5.74, 6) is -3.77. The van der Waals surface area contributed by atoms with Crippen molar-refractivity contribution >= 4 is 58.3 Å². The summed E-state index contributed by atoms with van der Waals surface area (Å²) in [5.41, 5.74) is 7.56. The maximum Gasteiger partial charge on any atom is 0.314 e. The van der Waals surface area contributed by atoms with E-state index >= 15 is 0 Å². The van der Waals surface area contributed by atoms with Crippen molar-refractivity contribution in [1.29, 1.82) is 0 Å². The number of unbranched alkanes of at least 4 members (excludes halogenated alkanes) is 3. The summed E-state index contributed by atoms with van der Waals surface area (Å²) in [6.07, 6.45) is 8.25. The number of imide groups is 1. The molecule has 9 amide bonds. The number of carbonyl (C=O) groups excluding carboxylic acids is 8. The van der Waals surface area contributed by atoms with E-state index < -0.39 is 72.0 Å².